The van der Waals surface area contributed by atoms with E-state index < -0.39 is 12.2 Å². The number of piperidine rings is 1. The summed E-state index contributed by atoms with van der Waals surface area (Å²) in [7, 11) is 1.63. The van der Waals surface area contributed by atoms with E-state index in [9.17, 15) is 29.1 Å². The Bertz CT molecular complexity index is 3550. The number of piperazine rings is 1. The fourth-order valence-electron chi connectivity index (χ4n) is 12.9. The Morgan fingerprint density at radius 3 is 2.39 bits per heavy atom. The number of carbonyl (C=O) groups is 4. The molecule has 0 saturated carbocycles. The average Bonchev–Trinajstić information content (AvgIpc) is 4.24. The number of ether oxygens (including phenoxy) is 1. The lowest BCUT2D eigenvalue weighted by atomic mass is 9.90. The molecule has 9 heterocycles. The molecule has 0 bridgehead atoms. The van der Waals surface area contributed by atoms with Crippen molar-refractivity contribution in [2.45, 2.75) is 84.7 Å². The van der Waals surface area contributed by atoms with Crippen molar-refractivity contribution in [3.05, 3.63) is 136 Å². The van der Waals surface area contributed by atoms with Crippen LogP contribution in [0.5, 0.6) is 0 Å². The smallest absolute Gasteiger partial charge is 0.293 e. The van der Waals surface area contributed by atoms with Crippen molar-refractivity contribution < 1.29 is 29.0 Å². The van der Waals surface area contributed by atoms with Gasteiger partial charge in [-0.25, -0.2) is 19.9 Å². The highest BCUT2D eigenvalue weighted by atomic mass is 16.5. The summed E-state index contributed by atoms with van der Waals surface area (Å²) in [6.45, 7) is 18.9. The predicted octanol–water partition coefficient (Wildman–Crippen LogP) is 6.39. The van der Waals surface area contributed by atoms with E-state index in [1.165, 1.54) is 26.8 Å². The number of amides is 4. The molecule has 0 radical (unpaired) electrons. The molecule has 414 valence electrons. The van der Waals surface area contributed by atoms with Crippen LogP contribution in [0.2, 0.25) is 0 Å². The molecule has 1 aliphatic carbocycles. The first-order valence-electron chi connectivity index (χ1n) is 27.7. The number of pyridine rings is 2. The van der Waals surface area contributed by atoms with Gasteiger partial charge >= 0.3 is 0 Å². The van der Waals surface area contributed by atoms with Crippen LogP contribution in [-0.2, 0) is 42.6 Å². The minimum atomic E-state index is -0.420. The van der Waals surface area contributed by atoms with Crippen molar-refractivity contribution in [2.24, 2.45) is 12.5 Å². The van der Waals surface area contributed by atoms with E-state index in [1.807, 2.05) is 36.4 Å². The zero-order valence-corrected chi connectivity index (χ0v) is 45.9. The highest BCUT2D eigenvalue weighted by Crippen LogP contribution is 2.41. The van der Waals surface area contributed by atoms with E-state index in [1.54, 1.807) is 54.8 Å². The van der Waals surface area contributed by atoms with Crippen LogP contribution in [0.1, 0.15) is 88.6 Å². The van der Waals surface area contributed by atoms with Crippen LogP contribution in [-0.4, -0.2) is 135 Å². The molecule has 3 saturated heterocycles. The highest BCUT2D eigenvalue weighted by Gasteiger charge is 2.40. The van der Waals surface area contributed by atoms with Crippen LogP contribution < -0.4 is 40.7 Å². The Balaban J connectivity index is 0.706. The van der Waals surface area contributed by atoms with Crippen molar-refractivity contribution in [2.75, 3.05) is 94.2 Å². The number of aryl methyl sites for hydroxylation is 1. The van der Waals surface area contributed by atoms with E-state index >= 15 is 0 Å². The third-order valence-corrected chi connectivity index (χ3v) is 17.0. The third kappa shape index (κ3) is 9.47. The quantitative estimate of drug-likeness (QED) is 0.0897. The summed E-state index contributed by atoms with van der Waals surface area (Å²) in [6, 6.07) is 19.2. The summed E-state index contributed by atoms with van der Waals surface area (Å²) in [6.07, 6.45) is 9.70. The molecule has 2 aromatic carbocycles. The van der Waals surface area contributed by atoms with Gasteiger partial charge in [0.05, 0.1) is 65.9 Å². The van der Waals surface area contributed by atoms with Crippen molar-refractivity contribution in [1.29, 1.82) is 0 Å². The lowest BCUT2D eigenvalue weighted by Crippen LogP contribution is -2.57. The second-order valence-electron chi connectivity index (χ2n) is 22.8. The molecule has 0 spiro atoms. The summed E-state index contributed by atoms with van der Waals surface area (Å²) >= 11 is 0. The molecule has 5 aliphatic heterocycles. The number of morpholine rings is 1. The van der Waals surface area contributed by atoms with Gasteiger partial charge in [-0.05, 0) is 117 Å². The number of anilines is 8. The maximum atomic E-state index is 14.1. The molecule has 6 aromatic rings. The standard InChI is InChI=1S/C60H67N13O7/c1-7-53(75)64-47-27-39(63-54-59(79)66(6)33-48(65-54)43-14-17-61-55(46(43)34-74)72-23-22-71-50(58(72)78)26-38-29-60(4,5)30-51(38)71)8-12-49(47)69-21-20-68(32-36(69)2)40-15-18-67(19-16-40)41-9-11-44-45(28-41)57(77)73(56(44)76)42-10-13-52(62-31-42)70-24-25-80-35-37(70)3/h7-14,17,26-28,31,33,36-37,40,74H,1,15-16,18-25,29-30,32,34-35H2,2-6H3,(H,63,65)(H,64,75)/t36-,37-/m0/s1. The summed E-state index contributed by atoms with van der Waals surface area (Å²) in [5, 5.41) is 17.1. The largest absolute Gasteiger partial charge is 0.392 e. The Morgan fingerprint density at radius 2 is 1.64 bits per heavy atom. The Kier molecular flexibility index (Phi) is 13.6. The Hall–Kier alpha value is -8.20. The fraction of sp³-hybridized carbons (Fsp3) is 0.400. The second-order valence-corrected chi connectivity index (χ2v) is 22.8. The zero-order chi connectivity index (χ0) is 55.7. The van der Waals surface area contributed by atoms with Crippen LogP contribution in [0.25, 0.3) is 11.3 Å². The normalized spacial score (nSPS) is 20.3. The second kappa shape index (κ2) is 20.8. The molecule has 3 fully saturated rings. The number of carbonyl (C=O) groups excluding carboxylic acids is 4. The van der Waals surface area contributed by atoms with Crippen LogP contribution in [0.15, 0.2) is 96.7 Å². The Labute approximate surface area is 464 Å². The van der Waals surface area contributed by atoms with Crippen molar-refractivity contribution in [3.63, 3.8) is 0 Å². The number of nitrogens with zero attached hydrogens (tertiary/aromatic N) is 11. The molecule has 12 rings (SSSR count). The average molecular weight is 1080 g/mol. The summed E-state index contributed by atoms with van der Waals surface area (Å²) < 4.78 is 9.14. The molecule has 3 N–H and O–H groups in total. The number of aliphatic hydroxyl groups is 1. The first kappa shape index (κ1) is 52.5. The molecule has 80 heavy (non-hydrogen) atoms. The van der Waals surface area contributed by atoms with E-state index in [-0.39, 0.29) is 46.9 Å². The lowest BCUT2D eigenvalue weighted by Gasteiger charge is -2.47. The first-order valence-corrected chi connectivity index (χ1v) is 27.7. The monoisotopic (exact) mass is 1080 g/mol. The molecule has 20 nitrogen and oxygen atoms in total. The molecule has 4 amide bonds. The number of aliphatic hydroxyl groups excluding tert-OH is 1. The summed E-state index contributed by atoms with van der Waals surface area (Å²) in [4.78, 5) is 94.5. The fourth-order valence-corrected chi connectivity index (χ4v) is 12.9. The number of aromatic nitrogens is 5. The van der Waals surface area contributed by atoms with Crippen molar-refractivity contribution in [3.8, 4) is 11.3 Å². The van der Waals surface area contributed by atoms with Gasteiger partial charge in [0, 0.05) is 112 Å². The number of fused-ring (bicyclic) bond motifs is 4. The number of nitrogens with one attached hydrogen (secondary N) is 2. The molecule has 6 aliphatic rings. The molecular weight excluding hydrogens is 1010 g/mol. The molecular formula is C60H67N13O7. The number of benzene rings is 2. The van der Waals surface area contributed by atoms with Crippen LogP contribution in [0.4, 0.5) is 45.9 Å². The number of rotatable bonds is 12. The highest BCUT2D eigenvalue weighted by molar-refractivity contribution is 6.34. The van der Waals surface area contributed by atoms with Gasteiger partial charge in [-0.3, -0.25) is 33.8 Å². The SMILES string of the molecule is C=CC(=O)Nc1cc(Nc2nc(-c3ccnc(N4CCn5c(cc6c5CC(C)(C)C6)C4=O)c3CO)cn(C)c2=O)ccc1N1CCN(C2CCN(c3ccc4c(c3)C(=O)N(c3ccc(N5CCOC[C@@H]5C)nc3)C4=O)CC2)C[C@@H]1C. The Morgan fingerprint density at radius 1 is 0.838 bits per heavy atom. The van der Waals surface area contributed by atoms with Crippen LogP contribution in [0, 0.1) is 5.41 Å². The van der Waals surface area contributed by atoms with Crippen molar-refractivity contribution >= 4 is 69.5 Å². The molecule has 20 heteroatoms. The minimum absolute atomic E-state index is 0.0267. The van der Waals surface area contributed by atoms with Crippen molar-refractivity contribution in [1.82, 2.24) is 29.0 Å². The number of hydrogen-bond donors (Lipinski definition) is 3. The van der Waals surface area contributed by atoms with Gasteiger partial charge in [0.2, 0.25) is 5.91 Å². The van der Waals surface area contributed by atoms with Gasteiger partial charge in [0.25, 0.3) is 23.3 Å². The first-order chi connectivity index (χ1) is 38.6. The topological polar surface area (TPSA) is 207 Å². The van der Waals surface area contributed by atoms with E-state index in [0.29, 0.717) is 95.4 Å². The lowest BCUT2D eigenvalue weighted by molar-refractivity contribution is -0.111. The van der Waals surface area contributed by atoms with Crippen LogP contribution in [0.3, 0.4) is 0 Å². The van der Waals surface area contributed by atoms with E-state index in [0.717, 1.165) is 75.6 Å². The van der Waals surface area contributed by atoms with Gasteiger partial charge in [-0.15, -0.1) is 0 Å². The summed E-state index contributed by atoms with van der Waals surface area (Å²) in [5.41, 5.74) is 8.19. The van der Waals surface area contributed by atoms with Crippen LogP contribution >= 0.6 is 0 Å². The third-order valence-electron chi connectivity index (χ3n) is 17.0. The zero-order valence-electron chi connectivity index (χ0n) is 45.9. The van der Waals surface area contributed by atoms with Gasteiger partial charge in [-0.2, -0.15) is 0 Å². The van der Waals surface area contributed by atoms with Gasteiger partial charge < -0.3 is 44.3 Å². The number of imide groups is 1. The van der Waals surface area contributed by atoms with E-state index in [4.69, 9.17) is 9.72 Å². The van der Waals surface area contributed by atoms with Gasteiger partial charge in [0.15, 0.2) is 5.82 Å². The minimum Gasteiger partial charge on any atom is -0.392 e. The molecule has 4 aromatic heterocycles. The van der Waals surface area contributed by atoms with E-state index in [2.05, 4.69) is 79.0 Å². The maximum Gasteiger partial charge on any atom is 0.293 e. The van der Waals surface area contributed by atoms with Gasteiger partial charge in [0.1, 0.15) is 17.3 Å². The number of hydrogen-bond acceptors (Lipinski definition) is 15. The summed E-state index contributed by atoms with van der Waals surface area (Å²) in [5.74, 6) is -0.0898. The predicted molar refractivity (Wildman–Crippen MR) is 308 cm³/mol. The maximum absolute atomic E-state index is 14.1. The van der Waals surface area contributed by atoms with Gasteiger partial charge in [-0.1, -0.05) is 20.4 Å². The molecule has 0 unspecified atom stereocenters. The molecule has 2 atom stereocenters.